The monoisotopic (exact) mass is 234 g/mol. The summed E-state index contributed by atoms with van der Waals surface area (Å²) in [7, 11) is 0. The van der Waals surface area contributed by atoms with E-state index in [-0.39, 0.29) is 23.2 Å². The van der Waals surface area contributed by atoms with Crippen molar-refractivity contribution in [2.24, 2.45) is 11.7 Å². The number of ether oxygens (including phenoxy) is 2. The van der Waals surface area contributed by atoms with Gasteiger partial charge in [-0.3, -0.25) is 0 Å². The van der Waals surface area contributed by atoms with Crippen LogP contribution in [0.3, 0.4) is 0 Å². The van der Waals surface area contributed by atoms with E-state index in [9.17, 15) is 14.4 Å². The second-order valence-electron chi connectivity index (χ2n) is 2.42. The van der Waals surface area contributed by atoms with Crippen LogP contribution in [0.2, 0.25) is 0 Å². The van der Waals surface area contributed by atoms with Crippen LogP contribution >= 0.6 is 0 Å². The number of urea groups is 1. The molecule has 0 aliphatic carbocycles. The van der Waals surface area contributed by atoms with Crippen molar-refractivity contribution in [2.45, 2.75) is 13.8 Å². The van der Waals surface area contributed by atoms with E-state index in [0.717, 1.165) is 0 Å². The second-order valence-corrected chi connectivity index (χ2v) is 2.42. The zero-order chi connectivity index (χ0) is 12.7. The number of hydrogen-bond donors (Lipinski definition) is 2. The van der Waals surface area contributed by atoms with E-state index in [0.29, 0.717) is 0 Å². The van der Waals surface area contributed by atoms with Crippen molar-refractivity contribution in [1.82, 2.24) is 10.0 Å². The molecule has 92 valence electrons. The first-order valence-corrected chi connectivity index (χ1v) is 4.42. The van der Waals surface area contributed by atoms with E-state index in [1.54, 1.807) is 0 Å². The molecule has 9 heteroatoms. The summed E-state index contributed by atoms with van der Waals surface area (Å²) in [5.74, 6) is 10.1. The summed E-state index contributed by atoms with van der Waals surface area (Å²) in [6.07, 6.45) is -2.24. The van der Waals surface area contributed by atoms with Gasteiger partial charge in [0.25, 0.3) is 0 Å². The Labute approximate surface area is 91.8 Å². The lowest BCUT2D eigenvalue weighted by Gasteiger charge is -2.19. The van der Waals surface area contributed by atoms with Gasteiger partial charge in [-0.1, -0.05) is 0 Å². The molecule has 0 spiro atoms. The summed E-state index contributed by atoms with van der Waals surface area (Å²) in [4.78, 5) is 33.3. The average Bonchev–Trinajstić information content (AvgIpc) is 2.26. The molecule has 4 amide bonds. The van der Waals surface area contributed by atoms with E-state index in [1.807, 2.05) is 0 Å². The third kappa shape index (κ3) is 3.71. The highest BCUT2D eigenvalue weighted by Crippen LogP contribution is 1.95. The lowest BCUT2D eigenvalue weighted by molar-refractivity contribution is 0.0887. The highest BCUT2D eigenvalue weighted by atomic mass is 16.6. The van der Waals surface area contributed by atoms with Gasteiger partial charge in [0.2, 0.25) is 0 Å². The Hall–Kier alpha value is -1.87. The van der Waals surface area contributed by atoms with Crippen molar-refractivity contribution < 1.29 is 23.9 Å². The number of rotatable bonds is 2. The Morgan fingerprint density at radius 3 is 1.50 bits per heavy atom. The van der Waals surface area contributed by atoms with E-state index >= 15 is 0 Å². The molecule has 0 radical (unpaired) electrons. The minimum absolute atomic E-state index is 0.0315. The lowest BCUT2D eigenvalue weighted by atomic mass is 10.8. The number of imide groups is 2. The van der Waals surface area contributed by atoms with E-state index in [2.05, 4.69) is 9.47 Å². The van der Waals surface area contributed by atoms with Crippen LogP contribution in [0.15, 0.2) is 0 Å². The molecule has 0 bridgehead atoms. The van der Waals surface area contributed by atoms with Gasteiger partial charge in [-0.25, -0.2) is 26.1 Å². The van der Waals surface area contributed by atoms with E-state index in [4.69, 9.17) is 11.7 Å². The molecule has 9 nitrogen and oxygen atoms in total. The lowest BCUT2D eigenvalue weighted by Crippen LogP contribution is -2.55. The molecule has 0 unspecified atom stereocenters. The zero-order valence-electron chi connectivity index (χ0n) is 9.00. The van der Waals surface area contributed by atoms with Crippen molar-refractivity contribution in [3.63, 3.8) is 0 Å². The number of carbonyl (C=O) groups excluding carboxylic acids is 3. The maximum atomic E-state index is 11.3. The fraction of sp³-hybridized carbons (Fsp3) is 0.571. The molecular weight excluding hydrogens is 220 g/mol. The number of hydrazine groups is 2. The van der Waals surface area contributed by atoms with Crippen molar-refractivity contribution in [1.29, 1.82) is 0 Å². The van der Waals surface area contributed by atoms with E-state index < -0.39 is 18.2 Å². The molecule has 0 saturated heterocycles. The SMILES string of the molecule is CCOC(=O)N(N)C(=O)N(N)C(=O)OCC. The number of nitrogens with zero attached hydrogens (tertiary/aromatic N) is 2. The normalized spacial score (nSPS) is 9.25. The molecule has 0 rings (SSSR count). The Morgan fingerprint density at radius 2 is 1.25 bits per heavy atom. The average molecular weight is 234 g/mol. The van der Waals surface area contributed by atoms with Crippen LogP contribution in [-0.4, -0.2) is 41.4 Å². The Bertz CT molecular complexity index is 256. The molecule has 0 aromatic heterocycles. The fourth-order valence-electron chi connectivity index (χ4n) is 0.658. The summed E-state index contributed by atoms with van der Waals surface area (Å²) in [5, 5.41) is 0.140. The molecule has 0 aromatic rings. The summed E-state index contributed by atoms with van der Waals surface area (Å²) >= 11 is 0. The molecule has 0 fully saturated rings. The summed E-state index contributed by atoms with van der Waals surface area (Å²) in [6, 6.07) is -1.25. The Morgan fingerprint density at radius 1 is 0.938 bits per heavy atom. The minimum Gasteiger partial charge on any atom is -0.448 e. The fourth-order valence-corrected chi connectivity index (χ4v) is 0.658. The highest BCUT2D eigenvalue weighted by Gasteiger charge is 2.28. The molecule has 0 heterocycles. The van der Waals surface area contributed by atoms with Crippen molar-refractivity contribution in [3.8, 4) is 0 Å². The third-order valence-electron chi connectivity index (χ3n) is 1.34. The number of hydrogen-bond acceptors (Lipinski definition) is 7. The van der Waals surface area contributed by atoms with Crippen LogP contribution in [0.4, 0.5) is 14.4 Å². The Balaban J connectivity index is 4.42. The molecular formula is C7H14N4O5. The van der Waals surface area contributed by atoms with Gasteiger partial charge in [-0.05, 0) is 13.8 Å². The first-order chi connectivity index (χ1) is 7.45. The van der Waals surface area contributed by atoms with Gasteiger partial charge in [0.15, 0.2) is 0 Å². The summed E-state index contributed by atoms with van der Waals surface area (Å²) in [6.45, 7) is 3.12. The zero-order valence-corrected chi connectivity index (χ0v) is 9.00. The molecule has 16 heavy (non-hydrogen) atoms. The standard InChI is InChI=1S/C7H14N4O5/c1-3-15-6(13)10(8)5(12)11(9)7(14)16-4-2/h3-4,8-9H2,1-2H3. The maximum absolute atomic E-state index is 11.3. The number of carbonyl (C=O) groups is 3. The maximum Gasteiger partial charge on any atom is 0.432 e. The topological polar surface area (TPSA) is 128 Å². The van der Waals surface area contributed by atoms with Crippen LogP contribution in [0.1, 0.15) is 13.8 Å². The highest BCUT2D eigenvalue weighted by molar-refractivity contribution is 5.97. The van der Waals surface area contributed by atoms with E-state index in [1.165, 1.54) is 13.8 Å². The van der Waals surface area contributed by atoms with Crippen LogP contribution in [0.25, 0.3) is 0 Å². The summed E-state index contributed by atoms with van der Waals surface area (Å²) < 4.78 is 8.84. The number of nitrogens with two attached hydrogens (primary N) is 2. The van der Waals surface area contributed by atoms with Gasteiger partial charge in [0.05, 0.1) is 13.2 Å². The van der Waals surface area contributed by atoms with Crippen molar-refractivity contribution in [2.75, 3.05) is 13.2 Å². The van der Waals surface area contributed by atoms with Crippen LogP contribution in [0.5, 0.6) is 0 Å². The molecule has 0 aliphatic heterocycles. The first-order valence-electron chi connectivity index (χ1n) is 4.42. The van der Waals surface area contributed by atoms with Gasteiger partial charge < -0.3 is 9.47 Å². The minimum atomic E-state index is -1.25. The van der Waals surface area contributed by atoms with Gasteiger partial charge >= 0.3 is 18.2 Å². The van der Waals surface area contributed by atoms with Crippen molar-refractivity contribution in [3.05, 3.63) is 0 Å². The molecule has 0 saturated carbocycles. The molecule has 0 aliphatic rings. The van der Waals surface area contributed by atoms with Gasteiger partial charge in [-0.2, -0.15) is 10.0 Å². The predicted molar refractivity (Wildman–Crippen MR) is 51.5 cm³/mol. The predicted octanol–water partition coefficient (Wildman–Crippen LogP) is -0.229. The second kappa shape index (κ2) is 6.58. The summed E-state index contributed by atoms with van der Waals surface area (Å²) in [5.41, 5.74) is 0. The van der Waals surface area contributed by atoms with Crippen LogP contribution in [-0.2, 0) is 9.47 Å². The first kappa shape index (κ1) is 14.1. The molecule has 0 aromatic carbocycles. The van der Waals surface area contributed by atoms with Gasteiger partial charge in [0.1, 0.15) is 0 Å². The largest absolute Gasteiger partial charge is 0.448 e. The smallest absolute Gasteiger partial charge is 0.432 e. The molecule has 4 N–H and O–H groups in total. The van der Waals surface area contributed by atoms with Gasteiger partial charge in [-0.15, -0.1) is 0 Å². The molecule has 0 atom stereocenters. The number of amides is 4. The van der Waals surface area contributed by atoms with Gasteiger partial charge in [0, 0.05) is 0 Å². The third-order valence-corrected chi connectivity index (χ3v) is 1.34. The Kier molecular flexibility index (Phi) is 5.81. The quantitative estimate of drug-likeness (QED) is 0.383. The van der Waals surface area contributed by atoms with Crippen LogP contribution in [0, 0.1) is 0 Å². The van der Waals surface area contributed by atoms with Crippen LogP contribution < -0.4 is 11.7 Å². The van der Waals surface area contributed by atoms with Crippen molar-refractivity contribution >= 4 is 18.2 Å².